The van der Waals surface area contributed by atoms with Gasteiger partial charge in [-0.25, -0.2) is 9.79 Å². The molecule has 5 aromatic rings. The summed E-state index contributed by atoms with van der Waals surface area (Å²) >= 11 is 1.14. The Bertz CT molecular complexity index is 2290. The molecule has 0 saturated carbocycles. The summed E-state index contributed by atoms with van der Waals surface area (Å²) in [6, 6.07) is 31.0. The van der Waals surface area contributed by atoms with Gasteiger partial charge in [0, 0.05) is 11.1 Å². The number of rotatable bonds is 6. The summed E-state index contributed by atoms with van der Waals surface area (Å²) in [7, 11) is 0. The second kappa shape index (κ2) is 11.6. The molecule has 0 fully saturated rings. The van der Waals surface area contributed by atoms with Crippen LogP contribution in [0, 0.1) is 0 Å². The summed E-state index contributed by atoms with van der Waals surface area (Å²) in [5, 5.41) is 0. The SMILES string of the molecule is CCOC(=O)C1=C(c2ccccc2)N=c2sc(=C3C(=O)N(Cc4ccccc4)c4ccccc43)c(=O)n2C1c1ccc2c(c1)OCO2. The standard InChI is InChI=1S/C37H27N3O6S/c1-2-44-36(43)30-31(23-13-7-4-8-14-23)38-37-40(32(30)24-17-18-27-28(19-24)46-21-45-27)35(42)33(47-37)29-25-15-9-10-16-26(25)39(34(29)41)20-22-11-5-3-6-12-22/h3-19,32H,2,20-21H2,1H3. The lowest BCUT2D eigenvalue weighted by Crippen LogP contribution is -2.41. The highest BCUT2D eigenvalue weighted by molar-refractivity contribution is 7.07. The molecule has 232 valence electrons. The van der Waals surface area contributed by atoms with Gasteiger partial charge in [-0.2, -0.15) is 0 Å². The Kier molecular flexibility index (Phi) is 7.06. The van der Waals surface area contributed by atoms with Crippen molar-refractivity contribution in [2.75, 3.05) is 18.3 Å². The molecule has 47 heavy (non-hydrogen) atoms. The number of thiazole rings is 1. The molecule has 0 saturated heterocycles. The normalized spacial score (nSPS) is 17.3. The van der Waals surface area contributed by atoms with Gasteiger partial charge in [0.2, 0.25) is 6.79 Å². The van der Waals surface area contributed by atoms with Crippen LogP contribution in [0.25, 0.3) is 11.3 Å². The molecule has 0 bridgehead atoms. The van der Waals surface area contributed by atoms with E-state index in [-0.39, 0.29) is 29.4 Å². The zero-order valence-corrected chi connectivity index (χ0v) is 26.0. The predicted octanol–water partition coefficient (Wildman–Crippen LogP) is 4.58. The molecule has 1 unspecified atom stereocenters. The molecule has 4 aromatic carbocycles. The van der Waals surface area contributed by atoms with E-state index in [2.05, 4.69) is 0 Å². The first-order valence-electron chi connectivity index (χ1n) is 15.2. The molecule has 0 N–H and O–H groups in total. The van der Waals surface area contributed by atoms with Crippen molar-refractivity contribution < 1.29 is 23.8 Å². The maximum Gasteiger partial charge on any atom is 0.338 e. The van der Waals surface area contributed by atoms with Crippen LogP contribution in [0.3, 0.4) is 0 Å². The van der Waals surface area contributed by atoms with Crippen LogP contribution < -0.4 is 29.3 Å². The molecule has 10 heteroatoms. The van der Waals surface area contributed by atoms with E-state index in [4.69, 9.17) is 19.2 Å². The highest BCUT2D eigenvalue weighted by atomic mass is 32.1. The number of carbonyl (C=O) groups excluding carboxylic acids is 2. The third kappa shape index (κ3) is 4.76. The van der Waals surface area contributed by atoms with E-state index >= 15 is 0 Å². The molecule has 0 radical (unpaired) electrons. The highest BCUT2D eigenvalue weighted by Gasteiger charge is 2.38. The number of para-hydroxylation sites is 1. The summed E-state index contributed by atoms with van der Waals surface area (Å²) in [4.78, 5) is 49.8. The number of hydrogen-bond donors (Lipinski definition) is 0. The van der Waals surface area contributed by atoms with E-state index in [1.54, 1.807) is 24.0 Å². The number of aromatic nitrogens is 1. The molecule has 3 aliphatic rings. The maximum atomic E-state index is 14.7. The predicted molar refractivity (Wildman–Crippen MR) is 177 cm³/mol. The first-order chi connectivity index (χ1) is 23.0. The molecule has 0 aliphatic carbocycles. The van der Waals surface area contributed by atoms with Gasteiger partial charge in [-0.15, -0.1) is 0 Å². The number of nitrogens with zero attached hydrogens (tertiary/aromatic N) is 3. The molecule has 1 atom stereocenters. The summed E-state index contributed by atoms with van der Waals surface area (Å²) < 4.78 is 18.6. The number of fused-ring (bicyclic) bond motifs is 3. The molecular formula is C37H27N3O6S. The minimum absolute atomic E-state index is 0.0712. The fraction of sp³-hybridized carbons (Fsp3) is 0.135. The van der Waals surface area contributed by atoms with E-state index < -0.39 is 17.6 Å². The molecule has 3 aliphatic heterocycles. The molecule has 0 spiro atoms. The third-order valence-electron chi connectivity index (χ3n) is 8.40. The van der Waals surface area contributed by atoms with E-state index in [0.29, 0.717) is 50.8 Å². The molecule has 1 amide bonds. The van der Waals surface area contributed by atoms with E-state index in [0.717, 1.165) is 22.6 Å². The number of anilines is 1. The van der Waals surface area contributed by atoms with Gasteiger partial charge in [0.15, 0.2) is 16.3 Å². The van der Waals surface area contributed by atoms with Gasteiger partial charge in [0.05, 0.1) is 41.7 Å². The van der Waals surface area contributed by atoms with Crippen LogP contribution in [0.5, 0.6) is 11.5 Å². The summed E-state index contributed by atoms with van der Waals surface area (Å²) in [5.41, 5.74) is 4.17. The van der Waals surface area contributed by atoms with Gasteiger partial charge in [-0.3, -0.25) is 14.2 Å². The molecule has 1 aromatic heterocycles. The van der Waals surface area contributed by atoms with Crippen molar-refractivity contribution in [2.45, 2.75) is 19.5 Å². The van der Waals surface area contributed by atoms with Crippen LogP contribution in [-0.2, 0) is 20.9 Å². The van der Waals surface area contributed by atoms with E-state index in [1.807, 2.05) is 91.0 Å². The van der Waals surface area contributed by atoms with Crippen molar-refractivity contribution in [3.05, 3.63) is 151 Å². The molecule has 4 heterocycles. The second-order valence-corrected chi connectivity index (χ2v) is 12.1. The number of esters is 1. The second-order valence-electron chi connectivity index (χ2n) is 11.1. The Morgan fingerprint density at radius 3 is 2.43 bits per heavy atom. The highest BCUT2D eigenvalue weighted by Crippen LogP contribution is 2.41. The smallest absolute Gasteiger partial charge is 0.338 e. The quantitative estimate of drug-likeness (QED) is 0.252. The minimum atomic E-state index is -0.920. The van der Waals surface area contributed by atoms with Gasteiger partial charge >= 0.3 is 5.97 Å². The van der Waals surface area contributed by atoms with Crippen LogP contribution in [0.1, 0.15) is 35.2 Å². The molecule has 8 rings (SSSR count). The van der Waals surface area contributed by atoms with Crippen molar-refractivity contribution in [1.82, 2.24) is 4.57 Å². The van der Waals surface area contributed by atoms with Crippen LogP contribution in [-0.4, -0.2) is 29.8 Å². The van der Waals surface area contributed by atoms with Crippen LogP contribution in [0.4, 0.5) is 5.69 Å². The third-order valence-corrected chi connectivity index (χ3v) is 9.45. The Labute approximate surface area is 272 Å². The van der Waals surface area contributed by atoms with Gasteiger partial charge in [-0.05, 0) is 36.2 Å². The summed E-state index contributed by atoms with van der Waals surface area (Å²) in [6.45, 7) is 2.29. The Hall–Kier alpha value is -5.74. The monoisotopic (exact) mass is 641 g/mol. The fourth-order valence-corrected chi connectivity index (χ4v) is 7.40. The number of hydrogen-bond acceptors (Lipinski definition) is 8. The van der Waals surface area contributed by atoms with Crippen molar-refractivity contribution >= 4 is 40.2 Å². The van der Waals surface area contributed by atoms with Gasteiger partial charge in [-0.1, -0.05) is 96.3 Å². The topological polar surface area (TPSA) is 99.4 Å². The first-order valence-corrected chi connectivity index (χ1v) is 16.0. The lowest BCUT2D eigenvalue weighted by atomic mass is 9.93. The largest absolute Gasteiger partial charge is 0.463 e. The van der Waals surface area contributed by atoms with Crippen molar-refractivity contribution in [2.24, 2.45) is 4.99 Å². The van der Waals surface area contributed by atoms with E-state index in [1.165, 1.54) is 4.57 Å². The zero-order valence-electron chi connectivity index (χ0n) is 25.2. The average Bonchev–Trinajstić information content (AvgIpc) is 3.78. The van der Waals surface area contributed by atoms with Gasteiger partial charge in [0.25, 0.3) is 11.5 Å². The fourth-order valence-electron chi connectivity index (χ4n) is 6.31. The number of benzene rings is 4. The van der Waals surface area contributed by atoms with Gasteiger partial charge < -0.3 is 19.1 Å². The van der Waals surface area contributed by atoms with Crippen molar-refractivity contribution in [1.29, 1.82) is 0 Å². The van der Waals surface area contributed by atoms with Crippen LogP contribution >= 0.6 is 11.3 Å². The Morgan fingerprint density at radius 2 is 1.64 bits per heavy atom. The summed E-state index contributed by atoms with van der Waals surface area (Å²) in [5.74, 6) is 0.213. The van der Waals surface area contributed by atoms with Crippen molar-refractivity contribution in [3.8, 4) is 11.5 Å². The number of amides is 1. The maximum absolute atomic E-state index is 14.7. The molecular weight excluding hydrogens is 614 g/mol. The zero-order chi connectivity index (χ0) is 32.1. The number of ether oxygens (including phenoxy) is 3. The van der Waals surface area contributed by atoms with Crippen molar-refractivity contribution in [3.63, 3.8) is 0 Å². The van der Waals surface area contributed by atoms with Crippen LogP contribution in [0.15, 0.2) is 118 Å². The van der Waals surface area contributed by atoms with Gasteiger partial charge in [0.1, 0.15) is 4.53 Å². The first kappa shape index (κ1) is 28.7. The number of carbonyl (C=O) groups is 2. The van der Waals surface area contributed by atoms with E-state index in [9.17, 15) is 14.4 Å². The molecule has 9 nitrogen and oxygen atoms in total. The van der Waals surface area contributed by atoms with Crippen LogP contribution in [0.2, 0.25) is 0 Å². The Morgan fingerprint density at radius 1 is 0.915 bits per heavy atom. The summed E-state index contributed by atoms with van der Waals surface area (Å²) in [6.07, 6.45) is 0. The minimum Gasteiger partial charge on any atom is -0.463 e. The lowest BCUT2D eigenvalue weighted by Gasteiger charge is -2.26. The average molecular weight is 642 g/mol. The lowest BCUT2D eigenvalue weighted by molar-refractivity contribution is -0.138. The Balaban J connectivity index is 1.40.